The fourth-order valence-electron chi connectivity index (χ4n) is 6.46. The molecule has 5 nitrogen and oxygen atoms in total. The molecule has 216 valence electrons. The third-order valence-corrected chi connectivity index (χ3v) is 9.40. The molecule has 1 aromatic carbocycles. The van der Waals surface area contributed by atoms with Crippen molar-refractivity contribution in [1.29, 1.82) is 0 Å². The second kappa shape index (κ2) is 13.2. The molecular weight excluding hydrogens is 521 g/mol. The van der Waals surface area contributed by atoms with Crippen LogP contribution in [0, 0.1) is 12.3 Å². The van der Waals surface area contributed by atoms with E-state index in [1.54, 1.807) is 0 Å². The molecule has 2 saturated heterocycles. The number of piperidine rings is 1. The van der Waals surface area contributed by atoms with Gasteiger partial charge in [0.1, 0.15) is 11.5 Å². The van der Waals surface area contributed by atoms with Crippen molar-refractivity contribution in [2.75, 3.05) is 19.6 Å². The molecule has 1 aliphatic carbocycles. The van der Waals surface area contributed by atoms with Crippen molar-refractivity contribution in [2.45, 2.75) is 103 Å². The van der Waals surface area contributed by atoms with Crippen LogP contribution in [-0.2, 0) is 0 Å². The zero-order valence-electron chi connectivity index (χ0n) is 24.3. The van der Waals surface area contributed by atoms with Gasteiger partial charge in [-0.2, -0.15) is 0 Å². The Morgan fingerprint density at radius 3 is 2.65 bits per heavy atom. The predicted octanol–water partition coefficient (Wildman–Crippen LogP) is 7.97. The molecule has 0 radical (unpaired) electrons. The van der Waals surface area contributed by atoms with Crippen molar-refractivity contribution in [2.24, 2.45) is 20.4 Å². The van der Waals surface area contributed by atoms with Gasteiger partial charge in [0, 0.05) is 46.8 Å². The van der Waals surface area contributed by atoms with Crippen molar-refractivity contribution < 1.29 is 4.39 Å². The normalized spacial score (nSPS) is 25.4. The standard InChI is InChI=1S/C33H45ClFN5/c1-4-37-32(25-19-22(2)20-26(34)30(25)23-10-11-23)31(35)27-21-28(33(3)14-17-36-18-15-33)40-29(39-27)13-12-24-9-7-5-6-8-16-38-24/h4,19-20,23-24,36,38H,1,5-18,21H2,2-3H3/b31-27-,37-32?. The Morgan fingerprint density at radius 2 is 1.90 bits per heavy atom. The molecule has 0 spiro atoms. The number of aryl methyl sites for hydroxylation is 1. The third kappa shape index (κ3) is 7.00. The second-order valence-electron chi connectivity index (χ2n) is 12.4. The number of aliphatic imine (C=N–C) groups is 3. The lowest BCUT2D eigenvalue weighted by Crippen LogP contribution is -2.41. The molecule has 0 aromatic heterocycles. The fraction of sp³-hybridized carbons (Fsp3) is 0.606. The Bertz CT molecular complexity index is 1210. The van der Waals surface area contributed by atoms with E-state index in [0.29, 0.717) is 34.8 Å². The van der Waals surface area contributed by atoms with E-state index in [2.05, 4.69) is 29.1 Å². The summed E-state index contributed by atoms with van der Waals surface area (Å²) >= 11 is 6.73. The number of allylic oxidation sites excluding steroid dienone is 2. The summed E-state index contributed by atoms with van der Waals surface area (Å²) in [6.07, 6.45) is 13.9. The molecule has 1 atom stereocenters. The molecule has 3 aliphatic heterocycles. The predicted molar refractivity (Wildman–Crippen MR) is 167 cm³/mol. The molecule has 0 amide bonds. The quantitative estimate of drug-likeness (QED) is 0.314. The van der Waals surface area contributed by atoms with Gasteiger partial charge >= 0.3 is 0 Å². The Labute approximate surface area is 244 Å². The number of hydrogen-bond donors (Lipinski definition) is 2. The fourth-order valence-corrected chi connectivity index (χ4v) is 6.89. The van der Waals surface area contributed by atoms with Gasteiger partial charge in [0.2, 0.25) is 0 Å². The molecule has 3 fully saturated rings. The van der Waals surface area contributed by atoms with E-state index in [1.807, 2.05) is 19.1 Å². The highest BCUT2D eigenvalue weighted by Crippen LogP contribution is 2.46. The zero-order chi connectivity index (χ0) is 28.1. The number of rotatable bonds is 8. The highest BCUT2D eigenvalue weighted by molar-refractivity contribution is 6.32. The number of amidine groups is 1. The topological polar surface area (TPSA) is 61.1 Å². The van der Waals surface area contributed by atoms with Gasteiger partial charge in [-0.05, 0) is 101 Å². The number of halogens is 2. The molecule has 4 aliphatic rings. The maximum absolute atomic E-state index is 16.8. The molecule has 3 heterocycles. The molecular formula is C33H45ClFN5. The Balaban J connectivity index is 1.51. The highest BCUT2D eigenvalue weighted by atomic mass is 35.5. The van der Waals surface area contributed by atoms with Gasteiger partial charge in [0.15, 0.2) is 5.83 Å². The van der Waals surface area contributed by atoms with Crippen LogP contribution in [0.3, 0.4) is 0 Å². The Morgan fingerprint density at radius 1 is 1.12 bits per heavy atom. The summed E-state index contributed by atoms with van der Waals surface area (Å²) in [5.74, 6) is 0.719. The van der Waals surface area contributed by atoms with Crippen LogP contribution in [0.4, 0.5) is 4.39 Å². The molecule has 2 N–H and O–H groups in total. The van der Waals surface area contributed by atoms with Gasteiger partial charge < -0.3 is 10.6 Å². The molecule has 1 saturated carbocycles. The first kappa shape index (κ1) is 29.3. The zero-order valence-corrected chi connectivity index (χ0v) is 25.1. The highest BCUT2D eigenvalue weighted by Gasteiger charge is 2.36. The van der Waals surface area contributed by atoms with Crippen molar-refractivity contribution >= 4 is 28.9 Å². The maximum atomic E-state index is 16.8. The first-order valence-corrected chi connectivity index (χ1v) is 15.7. The van der Waals surface area contributed by atoms with Crippen molar-refractivity contribution in [3.05, 3.63) is 58.1 Å². The monoisotopic (exact) mass is 565 g/mol. The average molecular weight is 566 g/mol. The van der Waals surface area contributed by atoms with Gasteiger partial charge in [-0.1, -0.05) is 44.4 Å². The van der Waals surface area contributed by atoms with E-state index in [0.717, 1.165) is 86.4 Å². The smallest absolute Gasteiger partial charge is 0.171 e. The summed E-state index contributed by atoms with van der Waals surface area (Å²) in [5, 5.41) is 7.89. The first-order valence-electron chi connectivity index (χ1n) is 15.4. The minimum Gasteiger partial charge on any atom is -0.317 e. The van der Waals surface area contributed by atoms with E-state index in [9.17, 15) is 0 Å². The van der Waals surface area contributed by atoms with E-state index in [4.69, 9.17) is 21.6 Å². The van der Waals surface area contributed by atoms with Crippen LogP contribution in [-0.4, -0.2) is 42.9 Å². The summed E-state index contributed by atoms with van der Waals surface area (Å²) in [6.45, 7) is 11.1. The molecule has 5 rings (SSSR count). The van der Waals surface area contributed by atoms with Crippen LogP contribution in [0.1, 0.15) is 107 Å². The van der Waals surface area contributed by atoms with E-state index in [1.165, 1.54) is 38.3 Å². The summed E-state index contributed by atoms with van der Waals surface area (Å²) in [6, 6.07) is 4.45. The van der Waals surface area contributed by atoms with E-state index >= 15 is 4.39 Å². The molecule has 7 heteroatoms. The largest absolute Gasteiger partial charge is 0.317 e. The van der Waals surface area contributed by atoms with Crippen molar-refractivity contribution in [1.82, 2.24) is 10.6 Å². The number of nitrogens with zero attached hydrogens (tertiary/aromatic N) is 3. The second-order valence-corrected chi connectivity index (χ2v) is 12.8. The average Bonchev–Trinajstić information content (AvgIpc) is 3.76. The minimum atomic E-state index is -0.380. The van der Waals surface area contributed by atoms with Crippen LogP contribution in [0.15, 0.2) is 51.4 Å². The lowest BCUT2D eigenvalue weighted by atomic mass is 9.74. The van der Waals surface area contributed by atoms with E-state index in [-0.39, 0.29) is 11.2 Å². The lowest BCUT2D eigenvalue weighted by molar-refractivity contribution is 0.324. The van der Waals surface area contributed by atoms with Gasteiger partial charge in [0.25, 0.3) is 0 Å². The van der Waals surface area contributed by atoms with Gasteiger partial charge in [0.05, 0.1) is 5.70 Å². The van der Waals surface area contributed by atoms with Crippen LogP contribution in [0.5, 0.6) is 0 Å². The Kier molecular flexibility index (Phi) is 9.70. The van der Waals surface area contributed by atoms with Gasteiger partial charge in [-0.3, -0.25) is 4.99 Å². The van der Waals surface area contributed by atoms with Crippen molar-refractivity contribution in [3.8, 4) is 0 Å². The molecule has 0 bridgehead atoms. The van der Waals surface area contributed by atoms with Gasteiger partial charge in [-0.15, -0.1) is 0 Å². The lowest BCUT2D eigenvalue weighted by Gasteiger charge is -2.36. The van der Waals surface area contributed by atoms with Gasteiger partial charge in [-0.25, -0.2) is 14.4 Å². The summed E-state index contributed by atoms with van der Waals surface area (Å²) in [7, 11) is 0. The van der Waals surface area contributed by atoms with Crippen LogP contribution in [0.2, 0.25) is 5.02 Å². The first-order chi connectivity index (χ1) is 19.4. The van der Waals surface area contributed by atoms with Crippen LogP contribution < -0.4 is 10.6 Å². The molecule has 1 unspecified atom stereocenters. The number of benzene rings is 1. The third-order valence-electron chi connectivity index (χ3n) is 9.09. The maximum Gasteiger partial charge on any atom is 0.171 e. The minimum absolute atomic E-state index is 0.0714. The van der Waals surface area contributed by atoms with Crippen LogP contribution >= 0.6 is 11.6 Å². The van der Waals surface area contributed by atoms with Crippen molar-refractivity contribution in [3.63, 3.8) is 0 Å². The molecule has 1 aromatic rings. The molecule has 40 heavy (non-hydrogen) atoms. The summed E-state index contributed by atoms with van der Waals surface area (Å²) < 4.78 is 16.8. The summed E-state index contributed by atoms with van der Waals surface area (Å²) in [5.41, 5.74) is 4.46. The number of nitrogens with one attached hydrogen (secondary N) is 2. The Hall–Kier alpha value is -2.15. The SMILES string of the molecule is C=CN=C(/C(F)=C1\CC(C2(C)CCNCC2)=NC(CCC2CCCCCCN2)=N1)c1cc(C)cc(Cl)c1C1CC1. The van der Waals surface area contributed by atoms with E-state index < -0.39 is 0 Å². The summed E-state index contributed by atoms with van der Waals surface area (Å²) in [4.78, 5) is 14.5. The number of hydrogen-bond acceptors (Lipinski definition) is 5. The van der Waals surface area contributed by atoms with Crippen LogP contribution in [0.25, 0.3) is 0 Å².